The number of carbonyl (C=O) groups excluding carboxylic acids is 1. The molecule has 1 amide bonds. The lowest BCUT2D eigenvalue weighted by Crippen LogP contribution is -2.48. The maximum atomic E-state index is 13.9. The predicted octanol–water partition coefficient (Wildman–Crippen LogP) is 1.95. The van der Waals surface area contributed by atoms with Gasteiger partial charge in [0.2, 0.25) is 5.91 Å². The molecule has 0 saturated carbocycles. The Labute approximate surface area is 205 Å². The maximum absolute atomic E-state index is 13.9. The van der Waals surface area contributed by atoms with Crippen LogP contribution < -0.4 is 21.5 Å². The van der Waals surface area contributed by atoms with Crippen molar-refractivity contribution in [2.24, 2.45) is 18.9 Å². The molecule has 4 rings (SSSR count). The largest absolute Gasteiger partial charge is 0.357 e. The van der Waals surface area contributed by atoms with Crippen LogP contribution in [-0.2, 0) is 24.9 Å². The van der Waals surface area contributed by atoms with Crippen molar-refractivity contribution in [1.82, 2.24) is 19.4 Å². The van der Waals surface area contributed by atoms with Crippen LogP contribution in [0.5, 0.6) is 0 Å². The number of amides is 1. The third-order valence-electron chi connectivity index (χ3n) is 7.43. The van der Waals surface area contributed by atoms with E-state index in [1.165, 1.54) is 19.2 Å². The molecule has 1 N–H and O–H groups in total. The summed E-state index contributed by atoms with van der Waals surface area (Å²) in [7, 11) is 1.48. The lowest BCUT2D eigenvalue weighted by molar-refractivity contribution is -0.125. The van der Waals surface area contributed by atoms with Gasteiger partial charge in [0.1, 0.15) is 11.6 Å². The number of rotatable bonds is 7. The lowest BCUT2D eigenvalue weighted by atomic mass is 9.94. The van der Waals surface area contributed by atoms with Crippen LogP contribution in [0.3, 0.4) is 0 Å². The first-order valence-electron chi connectivity index (χ1n) is 12.7. The number of nitrogens with zero attached hydrogens (tertiary/aromatic N) is 4. The molecular weight excluding hydrogens is 449 g/mol. The Morgan fingerprint density at radius 3 is 2.57 bits per heavy atom. The van der Waals surface area contributed by atoms with Crippen molar-refractivity contribution in [3.63, 3.8) is 0 Å². The van der Waals surface area contributed by atoms with Gasteiger partial charge in [0, 0.05) is 51.4 Å². The van der Waals surface area contributed by atoms with E-state index < -0.39 is 0 Å². The van der Waals surface area contributed by atoms with Crippen molar-refractivity contribution in [2.45, 2.75) is 45.7 Å². The fourth-order valence-corrected chi connectivity index (χ4v) is 5.22. The van der Waals surface area contributed by atoms with Gasteiger partial charge in [-0.05, 0) is 57.7 Å². The Morgan fingerprint density at radius 2 is 1.86 bits per heavy atom. The van der Waals surface area contributed by atoms with Gasteiger partial charge in [-0.1, -0.05) is 18.2 Å². The van der Waals surface area contributed by atoms with Gasteiger partial charge in [-0.15, -0.1) is 0 Å². The SMILES string of the molecule is CCn1c(N2CCC[C@@H](C(=O)NCC3CCN(Cc4ccccc4F)CC3)C2)cc(=O)n(C)c1=O. The molecule has 0 radical (unpaired) electrons. The van der Waals surface area contributed by atoms with E-state index >= 15 is 0 Å². The number of hydrogen-bond acceptors (Lipinski definition) is 5. The third-order valence-corrected chi connectivity index (χ3v) is 7.43. The van der Waals surface area contributed by atoms with Gasteiger partial charge in [-0.2, -0.15) is 0 Å². The topological polar surface area (TPSA) is 79.6 Å². The molecule has 1 atom stereocenters. The van der Waals surface area contributed by atoms with E-state index in [2.05, 4.69) is 10.2 Å². The number of anilines is 1. The normalized spacial score (nSPS) is 19.6. The van der Waals surface area contributed by atoms with E-state index in [4.69, 9.17) is 0 Å². The summed E-state index contributed by atoms with van der Waals surface area (Å²) < 4.78 is 16.6. The first kappa shape index (κ1) is 25.2. The number of nitrogens with one attached hydrogen (secondary N) is 1. The molecule has 2 aliphatic rings. The molecule has 2 aromatic rings. The number of benzene rings is 1. The summed E-state index contributed by atoms with van der Waals surface area (Å²) in [5.41, 5.74) is 0.0661. The van der Waals surface area contributed by atoms with Crippen molar-refractivity contribution in [3.8, 4) is 0 Å². The van der Waals surface area contributed by atoms with E-state index in [0.29, 0.717) is 37.9 Å². The first-order chi connectivity index (χ1) is 16.9. The molecule has 35 heavy (non-hydrogen) atoms. The van der Waals surface area contributed by atoms with Crippen molar-refractivity contribution in [3.05, 3.63) is 62.6 Å². The second-order valence-electron chi connectivity index (χ2n) is 9.77. The lowest BCUT2D eigenvalue weighted by Gasteiger charge is -2.35. The minimum absolute atomic E-state index is 0.0396. The number of aromatic nitrogens is 2. The maximum Gasteiger partial charge on any atom is 0.332 e. The Kier molecular flexibility index (Phi) is 8.05. The monoisotopic (exact) mass is 485 g/mol. The molecule has 0 bridgehead atoms. The van der Waals surface area contributed by atoms with Crippen LogP contribution >= 0.6 is 0 Å². The highest BCUT2D eigenvalue weighted by molar-refractivity contribution is 5.79. The van der Waals surface area contributed by atoms with Gasteiger partial charge in [0.25, 0.3) is 5.56 Å². The molecular formula is C26H36FN5O3. The van der Waals surface area contributed by atoms with Gasteiger partial charge in [-0.3, -0.25) is 23.6 Å². The number of piperidine rings is 2. The van der Waals surface area contributed by atoms with Crippen LogP contribution in [0.1, 0.15) is 38.2 Å². The molecule has 3 heterocycles. The summed E-state index contributed by atoms with van der Waals surface area (Å²) in [4.78, 5) is 42.0. The Morgan fingerprint density at radius 1 is 1.11 bits per heavy atom. The summed E-state index contributed by atoms with van der Waals surface area (Å²) in [6.45, 7) is 6.61. The summed E-state index contributed by atoms with van der Waals surface area (Å²) in [6, 6.07) is 8.42. The second-order valence-corrected chi connectivity index (χ2v) is 9.77. The van der Waals surface area contributed by atoms with Crippen LogP contribution in [0, 0.1) is 17.7 Å². The fourth-order valence-electron chi connectivity index (χ4n) is 5.22. The molecule has 1 aromatic carbocycles. The molecule has 190 valence electrons. The van der Waals surface area contributed by atoms with Crippen LogP contribution in [0.4, 0.5) is 10.2 Å². The molecule has 0 unspecified atom stereocenters. The molecule has 8 nitrogen and oxygen atoms in total. The molecule has 2 aliphatic heterocycles. The Bertz CT molecular complexity index is 1150. The summed E-state index contributed by atoms with van der Waals surface area (Å²) in [6.07, 6.45) is 3.58. The van der Waals surface area contributed by atoms with Crippen molar-refractivity contribution < 1.29 is 9.18 Å². The Hall–Kier alpha value is -2.94. The van der Waals surface area contributed by atoms with Gasteiger partial charge in [-0.25, -0.2) is 9.18 Å². The fraction of sp³-hybridized carbons (Fsp3) is 0.577. The molecule has 1 aromatic heterocycles. The first-order valence-corrected chi connectivity index (χ1v) is 12.7. The summed E-state index contributed by atoms with van der Waals surface area (Å²) >= 11 is 0. The zero-order chi connectivity index (χ0) is 24.9. The number of likely N-dealkylation sites (tertiary alicyclic amines) is 1. The molecule has 0 spiro atoms. The average molecular weight is 486 g/mol. The zero-order valence-corrected chi connectivity index (χ0v) is 20.7. The zero-order valence-electron chi connectivity index (χ0n) is 20.7. The van der Waals surface area contributed by atoms with Crippen LogP contribution in [-0.4, -0.2) is 52.7 Å². The predicted molar refractivity (Wildman–Crippen MR) is 134 cm³/mol. The van der Waals surface area contributed by atoms with E-state index in [-0.39, 0.29) is 28.9 Å². The highest BCUT2D eigenvalue weighted by Crippen LogP contribution is 2.23. The summed E-state index contributed by atoms with van der Waals surface area (Å²) in [5.74, 6) is 0.723. The standard InChI is InChI=1S/C26H36FN5O3/c1-3-32-23(15-24(33)29(2)26(32)35)31-12-6-8-21(18-31)25(34)28-16-19-10-13-30(14-11-19)17-20-7-4-5-9-22(20)27/h4-5,7,9,15,19,21H,3,6,8,10-14,16-18H2,1-2H3,(H,28,34)/t21-/m1/s1. The van der Waals surface area contributed by atoms with Gasteiger partial charge in [0.15, 0.2) is 0 Å². The number of hydrogen-bond donors (Lipinski definition) is 1. The Balaban J connectivity index is 1.28. The van der Waals surface area contributed by atoms with Crippen LogP contribution in [0.25, 0.3) is 0 Å². The summed E-state index contributed by atoms with van der Waals surface area (Å²) in [5, 5.41) is 3.15. The minimum Gasteiger partial charge on any atom is -0.357 e. The van der Waals surface area contributed by atoms with Crippen molar-refractivity contribution >= 4 is 11.7 Å². The molecule has 9 heteroatoms. The highest BCUT2D eigenvalue weighted by atomic mass is 19.1. The number of halogens is 1. The quantitative estimate of drug-likeness (QED) is 0.649. The van der Waals surface area contributed by atoms with E-state index in [0.717, 1.165) is 55.4 Å². The molecule has 2 saturated heterocycles. The van der Waals surface area contributed by atoms with Gasteiger partial charge in [0.05, 0.1) is 5.92 Å². The van der Waals surface area contributed by atoms with Gasteiger partial charge < -0.3 is 10.2 Å². The highest BCUT2D eigenvalue weighted by Gasteiger charge is 2.29. The molecule has 2 fully saturated rings. The van der Waals surface area contributed by atoms with Crippen LogP contribution in [0.2, 0.25) is 0 Å². The van der Waals surface area contributed by atoms with Crippen LogP contribution in [0.15, 0.2) is 39.9 Å². The molecule has 0 aliphatic carbocycles. The smallest absolute Gasteiger partial charge is 0.332 e. The van der Waals surface area contributed by atoms with E-state index in [1.54, 1.807) is 10.6 Å². The second kappa shape index (κ2) is 11.2. The average Bonchev–Trinajstić information content (AvgIpc) is 2.88. The van der Waals surface area contributed by atoms with Crippen molar-refractivity contribution in [1.29, 1.82) is 0 Å². The van der Waals surface area contributed by atoms with Gasteiger partial charge >= 0.3 is 5.69 Å². The minimum atomic E-state index is -0.331. The van der Waals surface area contributed by atoms with Crippen molar-refractivity contribution in [2.75, 3.05) is 37.6 Å². The third kappa shape index (κ3) is 5.83. The number of carbonyl (C=O) groups is 1. The van der Waals surface area contributed by atoms with E-state index in [1.807, 2.05) is 24.0 Å². The van der Waals surface area contributed by atoms with E-state index in [9.17, 15) is 18.8 Å².